The van der Waals surface area contributed by atoms with Gasteiger partial charge in [0, 0.05) is 18.7 Å². The summed E-state index contributed by atoms with van der Waals surface area (Å²) in [6.45, 7) is 8.28. The molecule has 0 saturated carbocycles. The van der Waals surface area contributed by atoms with Crippen LogP contribution in [0.3, 0.4) is 0 Å². The predicted octanol–water partition coefficient (Wildman–Crippen LogP) is 1.81. The molecule has 4 rings (SSSR count). The zero-order valence-electron chi connectivity index (χ0n) is 17.6. The molecule has 0 radical (unpaired) electrons. The molecule has 2 saturated heterocycles. The lowest BCUT2D eigenvalue weighted by atomic mass is 10.1. The van der Waals surface area contributed by atoms with Crippen LogP contribution in [-0.2, 0) is 20.8 Å². The van der Waals surface area contributed by atoms with Gasteiger partial charge in [0.05, 0.1) is 57.7 Å². The van der Waals surface area contributed by atoms with Gasteiger partial charge in [-0.3, -0.25) is 4.79 Å². The quantitative estimate of drug-likeness (QED) is 0.824. The molecule has 2 aromatic rings. The largest absolute Gasteiger partial charge is 0.378 e. The fraction of sp³-hybridized carbons (Fsp3) is 0.545. The lowest BCUT2D eigenvalue weighted by molar-refractivity contribution is -0.0958. The summed E-state index contributed by atoms with van der Waals surface area (Å²) in [5.41, 5.74) is 3.39. The zero-order valence-corrected chi connectivity index (χ0v) is 17.6. The number of nitrogens with zero attached hydrogens (tertiary/aromatic N) is 2. The molecule has 162 valence electrons. The molecule has 1 aromatic carbocycles. The second-order valence-corrected chi connectivity index (χ2v) is 8.00. The summed E-state index contributed by atoms with van der Waals surface area (Å²) >= 11 is 0. The lowest BCUT2D eigenvalue weighted by Gasteiger charge is -2.35. The number of nitrogens with one attached hydrogen (secondary N) is 1. The number of H-pyrrole nitrogens is 1. The summed E-state index contributed by atoms with van der Waals surface area (Å²) in [4.78, 5) is 32.5. The number of aromatic amines is 1. The predicted molar refractivity (Wildman–Crippen MR) is 113 cm³/mol. The van der Waals surface area contributed by atoms with Gasteiger partial charge in [0.25, 0.3) is 5.56 Å². The Kier molecular flexibility index (Phi) is 6.36. The highest BCUT2D eigenvalue weighted by Crippen LogP contribution is 2.19. The van der Waals surface area contributed by atoms with Crippen LogP contribution in [0.25, 0.3) is 10.9 Å². The highest BCUT2D eigenvalue weighted by atomic mass is 16.6. The fourth-order valence-electron chi connectivity index (χ4n) is 4.11. The van der Waals surface area contributed by atoms with Crippen LogP contribution in [-0.4, -0.2) is 79.6 Å². The molecule has 0 bridgehead atoms. The minimum atomic E-state index is -0.201. The Hall–Kier alpha value is -2.42. The standard InChI is InChI=1S/C22H29N3O5/c1-15-9-16(2)20-17(10-15)11-18(21(26)23-20)12-25(13-19-14-29-7-8-30-19)22(27)24-3-5-28-6-4-24/h9-11,19H,3-8,12-14H2,1-2H3,(H,23,26)/t19-/m1/s1. The van der Waals surface area contributed by atoms with Gasteiger partial charge in [-0.15, -0.1) is 0 Å². The second kappa shape index (κ2) is 9.16. The Morgan fingerprint density at radius 2 is 1.93 bits per heavy atom. The van der Waals surface area contributed by atoms with E-state index in [2.05, 4.69) is 4.98 Å². The fourth-order valence-corrected chi connectivity index (χ4v) is 4.11. The molecule has 8 nitrogen and oxygen atoms in total. The third-order valence-corrected chi connectivity index (χ3v) is 5.59. The normalized spacial score (nSPS) is 19.8. The first kappa shape index (κ1) is 20.8. The SMILES string of the molecule is Cc1cc(C)c2[nH]c(=O)c(CN(C[C@@H]3COCCO3)C(=O)N3CCOCC3)cc2c1. The molecule has 3 heterocycles. The number of hydrogen-bond donors (Lipinski definition) is 1. The molecule has 2 fully saturated rings. The van der Waals surface area contributed by atoms with Crippen molar-refractivity contribution < 1.29 is 19.0 Å². The smallest absolute Gasteiger partial charge is 0.320 e. The number of pyridine rings is 1. The molecule has 0 unspecified atom stereocenters. The molecule has 1 N–H and O–H groups in total. The van der Waals surface area contributed by atoms with Gasteiger partial charge in [-0.1, -0.05) is 11.6 Å². The Labute approximate surface area is 175 Å². The Morgan fingerprint density at radius 1 is 1.13 bits per heavy atom. The number of fused-ring (bicyclic) bond motifs is 1. The monoisotopic (exact) mass is 415 g/mol. The van der Waals surface area contributed by atoms with E-state index in [0.717, 1.165) is 22.0 Å². The van der Waals surface area contributed by atoms with E-state index in [1.165, 1.54) is 0 Å². The molecule has 2 aliphatic rings. The molecule has 1 atom stereocenters. The van der Waals surface area contributed by atoms with Crippen molar-refractivity contribution in [1.29, 1.82) is 0 Å². The second-order valence-electron chi connectivity index (χ2n) is 8.00. The number of aromatic nitrogens is 1. The number of ether oxygens (including phenoxy) is 3. The Balaban J connectivity index is 1.62. The van der Waals surface area contributed by atoms with E-state index in [9.17, 15) is 9.59 Å². The number of morpholine rings is 1. The van der Waals surface area contributed by atoms with E-state index >= 15 is 0 Å². The van der Waals surface area contributed by atoms with Crippen LogP contribution in [0.15, 0.2) is 23.0 Å². The molecule has 2 aliphatic heterocycles. The first-order valence-corrected chi connectivity index (χ1v) is 10.5. The van der Waals surface area contributed by atoms with Crippen LogP contribution in [0.1, 0.15) is 16.7 Å². The summed E-state index contributed by atoms with van der Waals surface area (Å²) in [6, 6.07) is 5.89. The van der Waals surface area contributed by atoms with E-state index in [-0.39, 0.29) is 24.2 Å². The number of benzene rings is 1. The molecule has 1 aromatic heterocycles. The van der Waals surface area contributed by atoms with Crippen LogP contribution >= 0.6 is 0 Å². The van der Waals surface area contributed by atoms with E-state index in [4.69, 9.17) is 14.2 Å². The van der Waals surface area contributed by atoms with Gasteiger partial charge < -0.3 is 29.0 Å². The first-order valence-electron chi connectivity index (χ1n) is 10.5. The summed E-state index contributed by atoms with van der Waals surface area (Å²) < 4.78 is 16.6. The van der Waals surface area contributed by atoms with Gasteiger partial charge >= 0.3 is 6.03 Å². The average Bonchev–Trinajstić information content (AvgIpc) is 2.75. The molecule has 0 aliphatic carbocycles. The highest BCUT2D eigenvalue weighted by Gasteiger charge is 2.27. The van der Waals surface area contributed by atoms with Crippen molar-refractivity contribution in [1.82, 2.24) is 14.8 Å². The maximum absolute atomic E-state index is 13.2. The third kappa shape index (κ3) is 4.66. The lowest BCUT2D eigenvalue weighted by Crippen LogP contribution is -2.51. The van der Waals surface area contributed by atoms with Gasteiger partial charge in [-0.05, 0) is 36.9 Å². The van der Waals surface area contributed by atoms with Gasteiger partial charge in [-0.25, -0.2) is 4.79 Å². The molecular formula is C22H29N3O5. The third-order valence-electron chi connectivity index (χ3n) is 5.59. The number of urea groups is 1. The molecule has 30 heavy (non-hydrogen) atoms. The number of carbonyl (C=O) groups is 1. The van der Waals surface area contributed by atoms with Crippen LogP contribution < -0.4 is 5.56 Å². The van der Waals surface area contributed by atoms with Gasteiger partial charge in [0.2, 0.25) is 0 Å². The number of hydrogen-bond acceptors (Lipinski definition) is 5. The topological polar surface area (TPSA) is 84.1 Å². The highest BCUT2D eigenvalue weighted by molar-refractivity contribution is 5.83. The molecule has 0 spiro atoms. The van der Waals surface area contributed by atoms with Gasteiger partial charge in [-0.2, -0.15) is 0 Å². The summed E-state index contributed by atoms with van der Waals surface area (Å²) in [6.07, 6.45) is -0.201. The maximum atomic E-state index is 13.2. The maximum Gasteiger partial charge on any atom is 0.320 e. The molecule has 2 amide bonds. The van der Waals surface area contributed by atoms with Crippen molar-refractivity contribution in [3.8, 4) is 0 Å². The number of carbonyl (C=O) groups excluding carboxylic acids is 1. The van der Waals surface area contributed by atoms with Crippen molar-refractivity contribution in [2.24, 2.45) is 0 Å². The van der Waals surface area contributed by atoms with Crippen molar-refractivity contribution in [3.63, 3.8) is 0 Å². The van der Waals surface area contributed by atoms with Crippen molar-refractivity contribution in [2.45, 2.75) is 26.5 Å². The number of rotatable bonds is 4. The Morgan fingerprint density at radius 3 is 2.67 bits per heavy atom. The van der Waals surface area contributed by atoms with E-state index in [1.54, 1.807) is 9.80 Å². The van der Waals surface area contributed by atoms with Crippen LogP contribution in [0.2, 0.25) is 0 Å². The molecule has 8 heteroatoms. The Bertz CT molecular complexity index is 961. The number of aryl methyl sites for hydroxylation is 2. The van der Waals surface area contributed by atoms with E-state index in [1.807, 2.05) is 32.0 Å². The minimum absolute atomic E-state index is 0.104. The summed E-state index contributed by atoms with van der Waals surface area (Å²) in [5, 5.41) is 0.970. The zero-order chi connectivity index (χ0) is 21.1. The van der Waals surface area contributed by atoms with Crippen molar-refractivity contribution in [3.05, 3.63) is 45.2 Å². The van der Waals surface area contributed by atoms with Gasteiger partial charge in [0.1, 0.15) is 0 Å². The van der Waals surface area contributed by atoms with E-state index < -0.39 is 0 Å². The average molecular weight is 415 g/mol. The van der Waals surface area contributed by atoms with Gasteiger partial charge in [0.15, 0.2) is 0 Å². The van der Waals surface area contributed by atoms with Crippen LogP contribution in [0, 0.1) is 13.8 Å². The molecular weight excluding hydrogens is 386 g/mol. The number of amides is 2. The van der Waals surface area contributed by atoms with Crippen molar-refractivity contribution >= 4 is 16.9 Å². The van der Waals surface area contributed by atoms with Crippen molar-refractivity contribution in [2.75, 3.05) is 52.7 Å². The summed E-state index contributed by atoms with van der Waals surface area (Å²) in [5.74, 6) is 0. The van der Waals surface area contributed by atoms with Crippen LogP contribution in [0.5, 0.6) is 0 Å². The van der Waals surface area contributed by atoms with Crippen LogP contribution in [0.4, 0.5) is 4.79 Å². The van der Waals surface area contributed by atoms with E-state index in [0.29, 0.717) is 58.2 Å². The minimum Gasteiger partial charge on any atom is -0.378 e. The summed E-state index contributed by atoms with van der Waals surface area (Å²) in [7, 11) is 0. The first-order chi connectivity index (χ1) is 14.5.